The summed E-state index contributed by atoms with van der Waals surface area (Å²) in [6.45, 7) is 1.19. The minimum Gasteiger partial charge on any atom is -0.490 e. The van der Waals surface area contributed by atoms with E-state index >= 15 is 0 Å². The number of nitrogens with zero attached hydrogens (tertiary/aromatic N) is 4. The number of aromatic nitrogens is 1. The summed E-state index contributed by atoms with van der Waals surface area (Å²) in [7, 11) is 1.63. The van der Waals surface area contributed by atoms with Gasteiger partial charge in [-0.2, -0.15) is 10.5 Å². The average Bonchev–Trinajstić information content (AvgIpc) is 2.78. The molecule has 4 rings (SSSR count). The van der Waals surface area contributed by atoms with Gasteiger partial charge in [-0.15, -0.1) is 0 Å². The first-order chi connectivity index (χ1) is 14.5. The van der Waals surface area contributed by atoms with E-state index in [2.05, 4.69) is 12.1 Å². The number of hydrogen-bond acceptors (Lipinski definition) is 5. The van der Waals surface area contributed by atoms with E-state index in [-0.39, 0.29) is 23.0 Å². The van der Waals surface area contributed by atoms with Gasteiger partial charge in [-0.1, -0.05) is 0 Å². The van der Waals surface area contributed by atoms with Crippen LogP contribution in [0.3, 0.4) is 0 Å². The van der Waals surface area contributed by atoms with Gasteiger partial charge in [-0.3, -0.25) is 4.79 Å². The first kappa shape index (κ1) is 19.5. The van der Waals surface area contributed by atoms with Gasteiger partial charge in [0.2, 0.25) is 0 Å². The van der Waals surface area contributed by atoms with Crippen LogP contribution in [0.4, 0.5) is 10.1 Å². The lowest BCUT2D eigenvalue weighted by Crippen LogP contribution is -2.40. The van der Waals surface area contributed by atoms with Gasteiger partial charge in [0.25, 0.3) is 5.56 Å². The Bertz CT molecular complexity index is 1240. The van der Waals surface area contributed by atoms with E-state index in [4.69, 9.17) is 4.74 Å². The zero-order valence-electron chi connectivity index (χ0n) is 16.4. The van der Waals surface area contributed by atoms with Crippen LogP contribution < -0.4 is 15.2 Å². The summed E-state index contributed by atoms with van der Waals surface area (Å²) in [4.78, 5) is 14.8. The minimum atomic E-state index is -0.352. The van der Waals surface area contributed by atoms with Gasteiger partial charge >= 0.3 is 0 Å². The second kappa shape index (κ2) is 7.88. The Labute approximate surface area is 172 Å². The first-order valence-electron chi connectivity index (χ1n) is 9.66. The van der Waals surface area contributed by atoms with Gasteiger partial charge in [0.15, 0.2) is 0 Å². The van der Waals surface area contributed by atoms with E-state index < -0.39 is 0 Å². The molecule has 0 N–H and O–H groups in total. The number of rotatable bonds is 3. The number of benzene rings is 2. The summed E-state index contributed by atoms with van der Waals surface area (Å²) >= 11 is 0. The highest BCUT2D eigenvalue weighted by molar-refractivity contribution is 5.95. The van der Waals surface area contributed by atoms with Crippen molar-refractivity contribution in [3.63, 3.8) is 0 Å². The van der Waals surface area contributed by atoms with E-state index in [0.29, 0.717) is 53.8 Å². The number of fused-ring (bicyclic) bond motifs is 1. The van der Waals surface area contributed by atoms with Gasteiger partial charge in [0.05, 0.1) is 22.8 Å². The average molecular weight is 402 g/mol. The molecule has 0 radical (unpaired) electrons. The summed E-state index contributed by atoms with van der Waals surface area (Å²) < 4.78 is 20.5. The lowest BCUT2D eigenvalue weighted by Gasteiger charge is -2.35. The van der Waals surface area contributed by atoms with Crippen LogP contribution in [0.2, 0.25) is 0 Å². The van der Waals surface area contributed by atoms with E-state index in [1.807, 2.05) is 4.90 Å². The topological polar surface area (TPSA) is 82.1 Å². The van der Waals surface area contributed by atoms with Gasteiger partial charge in [-0.05, 0) is 42.5 Å². The molecule has 1 fully saturated rings. The second-order valence-corrected chi connectivity index (χ2v) is 7.30. The highest BCUT2D eigenvalue weighted by Gasteiger charge is 2.26. The molecule has 1 aliphatic heterocycles. The molecule has 7 heteroatoms. The van der Waals surface area contributed by atoms with Gasteiger partial charge in [0.1, 0.15) is 29.3 Å². The van der Waals surface area contributed by atoms with Crippen molar-refractivity contribution in [2.45, 2.75) is 18.9 Å². The van der Waals surface area contributed by atoms with Crippen molar-refractivity contribution in [3.8, 4) is 17.9 Å². The number of hydrogen-bond donors (Lipinski definition) is 0. The molecule has 1 aliphatic rings. The van der Waals surface area contributed by atoms with Gasteiger partial charge in [0, 0.05) is 38.4 Å². The molecule has 0 bridgehead atoms. The van der Waals surface area contributed by atoms with Crippen molar-refractivity contribution >= 4 is 16.6 Å². The summed E-state index contributed by atoms with van der Waals surface area (Å²) in [6, 6.07) is 15.3. The zero-order chi connectivity index (χ0) is 21.3. The molecule has 0 amide bonds. The van der Waals surface area contributed by atoms with Gasteiger partial charge < -0.3 is 14.2 Å². The molecule has 0 atom stereocenters. The molecule has 3 aromatic rings. The van der Waals surface area contributed by atoms with Crippen molar-refractivity contribution in [1.82, 2.24) is 4.57 Å². The van der Waals surface area contributed by atoms with E-state index in [9.17, 15) is 19.7 Å². The maximum absolute atomic E-state index is 13.1. The first-order valence-corrected chi connectivity index (χ1v) is 9.66. The Hall–Kier alpha value is -3.84. The second-order valence-electron chi connectivity index (χ2n) is 7.30. The highest BCUT2D eigenvalue weighted by Crippen LogP contribution is 2.32. The molecular weight excluding hydrogens is 383 g/mol. The molecule has 1 aromatic heterocycles. The fourth-order valence-electron chi connectivity index (χ4n) is 3.93. The van der Waals surface area contributed by atoms with Crippen LogP contribution >= 0.6 is 0 Å². The van der Waals surface area contributed by atoms with Gasteiger partial charge in [-0.25, -0.2) is 4.39 Å². The molecule has 2 aromatic carbocycles. The van der Waals surface area contributed by atoms with Crippen LogP contribution in [0.25, 0.3) is 10.9 Å². The fourth-order valence-corrected chi connectivity index (χ4v) is 3.93. The Balaban J connectivity index is 1.66. The van der Waals surface area contributed by atoms with Crippen LogP contribution in [0.5, 0.6) is 5.75 Å². The molecule has 30 heavy (non-hydrogen) atoms. The number of piperidine rings is 1. The largest absolute Gasteiger partial charge is 0.490 e. The molecular formula is C23H19FN4O2. The highest BCUT2D eigenvalue weighted by atomic mass is 19.1. The third kappa shape index (κ3) is 3.46. The Morgan fingerprint density at radius 1 is 1.07 bits per heavy atom. The predicted molar refractivity (Wildman–Crippen MR) is 111 cm³/mol. The van der Waals surface area contributed by atoms with Crippen LogP contribution in [0.15, 0.2) is 47.3 Å². The van der Waals surface area contributed by atoms with Crippen LogP contribution in [-0.4, -0.2) is 23.8 Å². The van der Waals surface area contributed by atoms with Crippen LogP contribution in [-0.2, 0) is 7.05 Å². The maximum Gasteiger partial charge on any atom is 0.270 e. The third-order valence-corrected chi connectivity index (χ3v) is 5.48. The van der Waals surface area contributed by atoms with E-state index in [1.165, 1.54) is 16.7 Å². The molecule has 6 nitrogen and oxygen atoms in total. The summed E-state index contributed by atoms with van der Waals surface area (Å²) in [5.41, 5.74) is 1.46. The fraction of sp³-hybridized carbons (Fsp3) is 0.261. The predicted octanol–water partition coefficient (Wildman–Crippen LogP) is 3.47. The minimum absolute atomic E-state index is 0.0373. The van der Waals surface area contributed by atoms with Crippen LogP contribution in [0.1, 0.15) is 24.0 Å². The maximum atomic E-state index is 13.1. The SMILES string of the molecule is Cn1c(=O)c(C#N)c(N2CCC(Oc3ccc(F)cc3)CC2)c2cc(C#N)ccc21. The summed E-state index contributed by atoms with van der Waals surface area (Å²) in [5, 5.41) is 19.7. The number of ether oxygens (including phenoxy) is 1. The number of nitriles is 2. The number of anilines is 1. The number of pyridine rings is 1. The Kier molecular flexibility index (Phi) is 5.12. The zero-order valence-corrected chi connectivity index (χ0v) is 16.4. The molecule has 0 unspecified atom stereocenters. The van der Waals surface area contributed by atoms with Crippen molar-refractivity contribution in [2.24, 2.45) is 7.05 Å². The molecule has 0 spiro atoms. The summed E-state index contributed by atoms with van der Waals surface area (Å²) in [6.07, 6.45) is 1.35. The van der Waals surface area contributed by atoms with Crippen LogP contribution in [0, 0.1) is 28.5 Å². The normalized spacial score (nSPS) is 14.3. The van der Waals surface area contributed by atoms with Crippen molar-refractivity contribution in [1.29, 1.82) is 10.5 Å². The molecule has 2 heterocycles. The smallest absolute Gasteiger partial charge is 0.270 e. The lowest BCUT2D eigenvalue weighted by molar-refractivity contribution is 0.171. The number of aryl methyl sites for hydroxylation is 1. The van der Waals surface area contributed by atoms with E-state index in [1.54, 1.807) is 37.4 Å². The Morgan fingerprint density at radius 3 is 2.40 bits per heavy atom. The van der Waals surface area contributed by atoms with Crippen molar-refractivity contribution < 1.29 is 9.13 Å². The van der Waals surface area contributed by atoms with Crippen molar-refractivity contribution in [3.05, 3.63) is 69.8 Å². The molecule has 1 saturated heterocycles. The van der Waals surface area contributed by atoms with Crippen molar-refractivity contribution in [2.75, 3.05) is 18.0 Å². The quantitative estimate of drug-likeness (QED) is 0.670. The van der Waals surface area contributed by atoms with E-state index in [0.717, 1.165) is 0 Å². The molecule has 0 saturated carbocycles. The third-order valence-electron chi connectivity index (χ3n) is 5.48. The monoisotopic (exact) mass is 402 g/mol. The molecule has 0 aliphatic carbocycles. The Morgan fingerprint density at radius 2 is 1.77 bits per heavy atom. The lowest BCUT2D eigenvalue weighted by atomic mass is 10.0. The number of halogens is 1. The summed E-state index contributed by atoms with van der Waals surface area (Å²) in [5.74, 6) is 0.306. The standard InChI is InChI=1S/C23H19FN4O2/c1-27-21-7-2-15(13-25)12-19(21)22(20(14-26)23(27)29)28-10-8-18(9-11-28)30-17-5-3-16(24)4-6-17/h2-7,12,18H,8-11H2,1H3. The molecule has 150 valence electrons.